The number of nitrogens with one attached hydrogen (secondary N) is 2. The van der Waals surface area contributed by atoms with Crippen molar-refractivity contribution >= 4 is 45.4 Å². The van der Waals surface area contributed by atoms with Crippen molar-refractivity contribution in [2.24, 2.45) is 0 Å². The number of anilines is 2. The van der Waals surface area contributed by atoms with Crippen LogP contribution in [-0.4, -0.2) is 28.7 Å². The molecular weight excluding hydrogens is 390 g/mol. The summed E-state index contributed by atoms with van der Waals surface area (Å²) in [4.78, 5) is 39.0. The number of amides is 3. The highest BCUT2D eigenvalue weighted by Gasteiger charge is 2.40. The van der Waals surface area contributed by atoms with Crippen molar-refractivity contribution in [3.8, 4) is 0 Å². The molecule has 156 valence electrons. The summed E-state index contributed by atoms with van der Waals surface area (Å²) < 4.78 is 0. The van der Waals surface area contributed by atoms with Gasteiger partial charge in [0.05, 0.1) is 5.57 Å². The Bertz CT molecular complexity index is 1220. The van der Waals surface area contributed by atoms with Crippen LogP contribution in [-0.2, 0) is 14.4 Å². The highest BCUT2D eigenvalue weighted by molar-refractivity contribution is 6.36. The summed E-state index contributed by atoms with van der Waals surface area (Å²) in [6.07, 6.45) is 0. The quantitative estimate of drug-likeness (QED) is 0.608. The third kappa shape index (κ3) is 3.80. The number of carbonyl (C=O) groups is 3. The Morgan fingerprint density at radius 2 is 1.55 bits per heavy atom. The fourth-order valence-corrected chi connectivity index (χ4v) is 3.79. The fourth-order valence-electron chi connectivity index (χ4n) is 3.79. The van der Waals surface area contributed by atoms with Crippen LogP contribution in [0.5, 0.6) is 0 Å². The van der Waals surface area contributed by atoms with Gasteiger partial charge in [-0.2, -0.15) is 0 Å². The molecule has 0 aromatic heterocycles. The van der Waals surface area contributed by atoms with Crippen LogP contribution in [0, 0.1) is 0 Å². The Balaban J connectivity index is 1.81. The summed E-state index contributed by atoms with van der Waals surface area (Å²) in [5.74, 6) is -0.868. The van der Waals surface area contributed by atoms with Gasteiger partial charge < -0.3 is 10.6 Å². The molecule has 1 aliphatic rings. The van der Waals surface area contributed by atoms with Gasteiger partial charge in [-0.05, 0) is 43.0 Å². The van der Waals surface area contributed by atoms with E-state index in [4.69, 9.17) is 0 Å². The number of nitrogens with zero attached hydrogens (tertiary/aromatic N) is 1. The molecular formula is C25H23N3O3. The standard InChI is InChI=1S/C25H23N3O3/c1-15(2)28-24(30)22(18-11-13-19(14-12-18)26-16(3)29)23(25(28)31)27-21-10-6-8-17-7-4-5-9-20(17)21/h4-15,27H,1-3H3,(H,26,29). The molecule has 0 spiro atoms. The molecule has 1 heterocycles. The van der Waals surface area contributed by atoms with Crippen LogP contribution < -0.4 is 10.6 Å². The number of rotatable bonds is 5. The topological polar surface area (TPSA) is 78.5 Å². The number of hydrogen-bond acceptors (Lipinski definition) is 4. The van der Waals surface area contributed by atoms with Crippen molar-refractivity contribution in [3.63, 3.8) is 0 Å². The number of benzene rings is 3. The van der Waals surface area contributed by atoms with Gasteiger partial charge in [0.15, 0.2) is 0 Å². The van der Waals surface area contributed by atoms with Crippen molar-refractivity contribution in [3.05, 3.63) is 78.0 Å². The SMILES string of the molecule is CC(=O)Nc1ccc(C2=C(Nc3cccc4ccccc34)C(=O)N(C(C)C)C2=O)cc1. The van der Waals surface area contributed by atoms with Gasteiger partial charge in [-0.15, -0.1) is 0 Å². The zero-order chi connectivity index (χ0) is 22.1. The van der Waals surface area contributed by atoms with Gasteiger partial charge in [-0.1, -0.05) is 48.5 Å². The third-order valence-electron chi connectivity index (χ3n) is 5.17. The summed E-state index contributed by atoms with van der Waals surface area (Å²) in [6, 6.07) is 20.3. The molecule has 31 heavy (non-hydrogen) atoms. The maximum Gasteiger partial charge on any atom is 0.278 e. The number of hydrogen-bond donors (Lipinski definition) is 2. The molecule has 1 aliphatic heterocycles. The number of carbonyl (C=O) groups excluding carboxylic acids is 3. The molecule has 3 aromatic carbocycles. The molecule has 0 saturated heterocycles. The van der Waals surface area contributed by atoms with E-state index in [1.807, 2.05) is 56.3 Å². The summed E-state index contributed by atoms with van der Waals surface area (Å²) >= 11 is 0. The van der Waals surface area contributed by atoms with Crippen LogP contribution in [0.2, 0.25) is 0 Å². The third-order valence-corrected chi connectivity index (χ3v) is 5.17. The second-order valence-corrected chi connectivity index (χ2v) is 7.73. The molecule has 6 nitrogen and oxygen atoms in total. The van der Waals surface area contributed by atoms with Gasteiger partial charge in [0.25, 0.3) is 11.8 Å². The van der Waals surface area contributed by atoms with Gasteiger partial charge >= 0.3 is 0 Å². The van der Waals surface area contributed by atoms with Gasteiger partial charge in [-0.25, -0.2) is 0 Å². The Hall–Kier alpha value is -3.93. The average Bonchev–Trinajstić information content (AvgIpc) is 2.98. The first kappa shape index (κ1) is 20.3. The van der Waals surface area contributed by atoms with E-state index in [1.165, 1.54) is 11.8 Å². The van der Waals surface area contributed by atoms with E-state index in [1.54, 1.807) is 24.3 Å². The van der Waals surface area contributed by atoms with E-state index >= 15 is 0 Å². The lowest BCUT2D eigenvalue weighted by Crippen LogP contribution is -2.38. The molecule has 0 unspecified atom stereocenters. The second kappa shape index (κ2) is 8.07. The normalized spacial score (nSPS) is 14.0. The summed E-state index contributed by atoms with van der Waals surface area (Å²) in [5, 5.41) is 7.94. The minimum absolute atomic E-state index is 0.177. The summed E-state index contributed by atoms with van der Waals surface area (Å²) in [5.41, 5.74) is 2.56. The van der Waals surface area contributed by atoms with Crippen molar-refractivity contribution < 1.29 is 14.4 Å². The smallest absolute Gasteiger partial charge is 0.278 e. The van der Waals surface area contributed by atoms with Crippen molar-refractivity contribution in [2.75, 3.05) is 10.6 Å². The molecule has 0 atom stereocenters. The average molecular weight is 413 g/mol. The van der Waals surface area contributed by atoms with Crippen LogP contribution in [0.1, 0.15) is 26.3 Å². The van der Waals surface area contributed by atoms with Gasteiger partial charge in [0.2, 0.25) is 5.91 Å². The number of fused-ring (bicyclic) bond motifs is 1. The van der Waals surface area contributed by atoms with Gasteiger partial charge in [-0.3, -0.25) is 19.3 Å². The zero-order valence-corrected chi connectivity index (χ0v) is 17.6. The van der Waals surface area contributed by atoms with E-state index in [2.05, 4.69) is 10.6 Å². The predicted octanol–water partition coefficient (Wildman–Crippen LogP) is 4.40. The van der Waals surface area contributed by atoms with Crippen molar-refractivity contribution in [1.29, 1.82) is 0 Å². The highest BCUT2D eigenvalue weighted by Crippen LogP contribution is 2.34. The van der Waals surface area contributed by atoms with Crippen LogP contribution in [0.4, 0.5) is 11.4 Å². The van der Waals surface area contributed by atoms with Crippen LogP contribution in [0.25, 0.3) is 16.3 Å². The lowest BCUT2D eigenvalue weighted by Gasteiger charge is -2.19. The maximum atomic E-state index is 13.2. The Morgan fingerprint density at radius 3 is 2.23 bits per heavy atom. The fraction of sp³-hybridized carbons (Fsp3) is 0.160. The van der Waals surface area contributed by atoms with Gasteiger partial charge in [0.1, 0.15) is 5.70 Å². The minimum Gasteiger partial charge on any atom is -0.350 e. The Labute approximate surface area is 180 Å². The first-order chi connectivity index (χ1) is 14.9. The summed E-state index contributed by atoms with van der Waals surface area (Å²) in [6.45, 7) is 5.06. The van der Waals surface area contributed by atoms with E-state index in [9.17, 15) is 14.4 Å². The number of imide groups is 1. The van der Waals surface area contributed by atoms with E-state index in [0.717, 1.165) is 16.5 Å². The Kier molecular flexibility index (Phi) is 5.29. The zero-order valence-electron chi connectivity index (χ0n) is 17.6. The largest absolute Gasteiger partial charge is 0.350 e. The molecule has 0 fully saturated rings. The Morgan fingerprint density at radius 1 is 0.871 bits per heavy atom. The van der Waals surface area contributed by atoms with Crippen molar-refractivity contribution in [1.82, 2.24) is 4.90 Å². The molecule has 4 rings (SSSR count). The van der Waals surface area contributed by atoms with Crippen LogP contribution >= 0.6 is 0 Å². The lowest BCUT2D eigenvalue weighted by molar-refractivity contribution is -0.138. The first-order valence-corrected chi connectivity index (χ1v) is 10.1. The van der Waals surface area contributed by atoms with Crippen molar-refractivity contribution in [2.45, 2.75) is 26.8 Å². The van der Waals surface area contributed by atoms with Crippen LogP contribution in [0.15, 0.2) is 72.4 Å². The van der Waals surface area contributed by atoms with Gasteiger partial charge in [0, 0.05) is 29.7 Å². The predicted molar refractivity (Wildman–Crippen MR) is 122 cm³/mol. The monoisotopic (exact) mass is 413 g/mol. The maximum absolute atomic E-state index is 13.2. The lowest BCUT2D eigenvalue weighted by atomic mass is 10.0. The van der Waals surface area contributed by atoms with E-state index in [-0.39, 0.29) is 29.5 Å². The molecule has 0 aliphatic carbocycles. The molecule has 0 radical (unpaired) electrons. The molecule has 0 bridgehead atoms. The molecule has 3 aromatic rings. The molecule has 6 heteroatoms. The first-order valence-electron chi connectivity index (χ1n) is 10.1. The van der Waals surface area contributed by atoms with E-state index in [0.29, 0.717) is 16.8 Å². The molecule has 3 amide bonds. The molecule has 2 N–H and O–H groups in total. The highest BCUT2D eigenvalue weighted by atomic mass is 16.2. The second-order valence-electron chi connectivity index (χ2n) is 7.73. The minimum atomic E-state index is -0.353. The molecule has 0 saturated carbocycles. The summed E-state index contributed by atoms with van der Waals surface area (Å²) in [7, 11) is 0. The van der Waals surface area contributed by atoms with E-state index < -0.39 is 0 Å². The van der Waals surface area contributed by atoms with Crippen LogP contribution in [0.3, 0.4) is 0 Å².